The van der Waals surface area contributed by atoms with Crippen LogP contribution in [0.5, 0.6) is 0 Å². The van der Waals surface area contributed by atoms with E-state index in [-0.39, 0.29) is 17.2 Å². The second kappa shape index (κ2) is 8.60. The number of carbonyl (C=O) groups is 1. The summed E-state index contributed by atoms with van der Waals surface area (Å²) in [7, 11) is 0. The third-order valence-corrected chi connectivity index (χ3v) is 4.79. The first kappa shape index (κ1) is 20.6. The van der Waals surface area contributed by atoms with Gasteiger partial charge in [0.15, 0.2) is 11.5 Å². The Morgan fingerprint density at radius 1 is 0.906 bits per heavy atom. The number of aryl methyl sites for hydroxylation is 1. The van der Waals surface area contributed by atoms with Crippen LogP contribution >= 0.6 is 0 Å². The molecular formula is C23H17N5O4. The fourth-order valence-corrected chi connectivity index (χ4v) is 3.10. The van der Waals surface area contributed by atoms with E-state index in [1.54, 1.807) is 55.5 Å². The first-order chi connectivity index (χ1) is 15.4. The van der Waals surface area contributed by atoms with Gasteiger partial charge in [-0.25, -0.2) is 4.68 Å². The average molecular weight is 427 g/mol. The predicted molar refractivity (Wildman–Crippen MR) is 118 cm³/mol. The number of hydrogen-bond acceptors (Lipinski definition) is 6. The number of nitro benzene ring substituents is 1. The standard InChI is InChI=1S/C23H17N5O4/c1-15-21(23(30)27(26-15)19-11-13-20(14-12-19)28(31)32)25-24-18-9-7-17(8-10-18)22(29)16-5-3-2-4-6-16/h2-14,26H,1H3. The SMILES string of the molecule is Cc1[nH]n(-c2ccc([N+](=O)[O-])cc2)c(=O)c1N=Nc1ccc(C(=O)c2ccccc2)cc1. The minimum Gasteiger partial charge on any atom is -0.293 e. The fourth-order valence-electron chi connectivity index (χ4n) is 3.10. The molecule has 0 amide bonds. The molecule has 9 nitrogen and oxygen atoms in total. The van der Waals surface area contributed by atoms with E-state index in [2.05, 4.69) is 15.3 Å². The number of H-pyrrole nitrogens is 1. The zero-order valence-electron chi connectivity index (χ0n) is 16.9. The van der Waals surface area contributed by atoms with Crippen LogP contribution in [0.2, 0.25) is 0 Å². The van der Waals surface area contributed by atoms with Gasteiger partial charge in [-0.2, -0.15) is 5.11 Å². The highest BCUT2D eigenvalue weighted by Crippen LogP contribution is 2.21. The molecule has 0 aliphatic carbocycles. The van der Waals surface area contributed by atoms with Crippen molar-refractivity contribution in [3.63, 3.8) is 0 Å². The summed E-state index contributed by atoms with van der Waals surface area (Å²) >= 11 is 0. The molecule has 1 heterocycles. The molecule has 0 fully saturated rings. The zero-order valence-corrected chi connectivity index (χ0v) is 16.9. The van der Waals surface area contributed by atoms with Crippen molar-refractivity contribution in [1.82, 2.24) is 9.78 Å². The molecule has 158 valence electrons. The van der Waals surface area contributed by atoms with Crippen LogP contribution in [0.25, 0.3) is 5.69 Å². The molecule has 3 aromatic carbocycles. The highest BCUT2D eigenvalue weighted by atomic mass is 16.6. The number of nitro groups is 1. The molecule has 1 N–H and O–H groups in total. The summed E-state index contributed by atoms with van der Waals surface area (Å²) in [6.07, 6.45) is 0. The van der Waals surface area contributed by atoms with Crippen molar-refractivity contribution in [3.05, 3.63) is 116 Å². The number of benzene rings is 3. The van der Waals surface area contributed by atoms with Crippen LogP contribution in [0.4, 0.5) is 17.1 Å². The number of hydrogen-bond donors (Lipinski definition) is 1. The summed E-state index contributed by atoms with van der Waals surface area (Å²) in [6, 6.07) is 21.1. The molecular weight excluding hydrogens is 410 g/mol. The van der Waals surface area contributed by atoms with Gasteiger partial charge >= 0.3 is 0 Å². The first-order valence-corrected chi connectivity index (χ1v) is 9.62. The van der Waals surface area contributed by atoms with E-state index in [0.29, 0.717) is 28.2 Å². The Kier molecular flexibility index (Phi) is 5.54. The second-order valence-electron chi connectivity index (χ2n) is 6.94. The summed E-state index contributed by atoms with van der Waals surface area (Å²) < 4.78 is 1.25. The van der Waals surface area contributed by atoms with Crippen molar-refractivity contribution in [2.75, 3.05) is 0 Å². The van der Waals surface area contributed by atoms with E-state index in [1.165, 1.54) is 28.9 Å². The highest BCUT2D eigenvalue weighted by Gasteiger charge is 2.14. The Morgan fingerprint density at radius 2 is 1.53 bits per heavy atom. The molecule has 32 heavy (non-hydrogen) atoms. The third-order valence-electron chi connectivity index (χ3n) is 4.79. The lowest BCUT2D eigenvalue weighted by molar-refractivity contribution is -0.384. The fraction of sp³-hybridized carbons (Fsp3) is 0.0435. The van der Waals surface area contributed by atoms with Crippen LogP contribution in [-0.4, -0.2) is 20.5 Å². The van der Waals surface area contributed by atoms with Crippen molar-refractivity contribution in [2.24, 2.45) is 10.2 Å². The third kappa shape index (κ3) is 4.12. The van der Waals surface area contributed by atoms with Gasteiger partial charge in [-0.1, -0.05) is 30.3 Å². The summed E-state index contributed by atoms with van der Waals surface area (Å²) in [5.41, 5.74) is 2.14. The molecule has 0 aliphatic heterocycles. The van der Waals surface area contributed by atoms with E-state index in [0.717, 1.165) is 0 Å². The van der Waals surface area contributed by atoms with Crippen molar-refractivity contribution in [2.45, 2.75) is 6.92 Å². The number of azo groups is 1. The predicted octanol–water partition coefficient (Wildman–Crippen LogP) is 5.03. The molecule has 0 saturated heterocycles. The number of carbonyl (C=O) groups excluding carboxylic acids is 1. The molecule has 4 rings (SSSR count). The minimum absolute atomic E-state index is 0.0702. The average Bonchev–Trinajstić information content (AvgIpc) is 3.11. The van der Waals surface area contributed by atoms with Gasteiger partial charge < -0.3 is 0 Å². The second-order valence-corrected chi connectivity index (χ2v) is 6.94. The van der Waals surface area contributed by atoms with Crippen molar-refractivity contribution in [3.8, 4) is 5.69 Å². The van der Waals surface area contributed by atoms with Crippen molar-refractivity contribution in [1.29, 1.82) is 0 Å². The molecule has 0 saturated carbocycles. The molecule has 0 atom stereocenters. The maximum Gasteiger partial charge on any atom is 0.299 e. The van der Waals surface area contributed by atoms with Crippen LogP contribution in [0.1, 0.15) is 21.6 Å². The molecule has 0 spiro atoms. The van der Waals surface area contributed by atoms with Crippen LogP contribution in [0.3, 0.4) is 0 Å². The minimum atomic E-state index is -0.509. The molecule has 9 heteroatoms. The van der Waals surface area contributed by atoms with Crippen LogP contribution in [0, 0.1) is 17.0 Å². The molecule has 0 bridgehead atoms. The van der Waals surface area contributed by atoms with Gasteiger partial charge in [0.05, 0.1) is 22.0 Å². The van der Waals surface area contributed by atoms with Crippen molar-refractivity contribution < 1.29 is 9.72 Å². The number of non-ortho nitro benzene ring substituents is 1. The zero-order chi connectivity index (χ0) is 22.7. The first-order valence-electron chi connectivity index (χ1n) is 9.62. The Morgan fingerprint density at radius 3 is 2.16 bits per heavy atom. The Bertz CT molecular complexity index is 1370. The largest absolute Gasteiger partial charge is 0.299 e. The summed E-state index contributed by atoms with van der Waals surface area (Å²) in [5, 5.41) is 21.9. The molecule has 0 aliphatic rings. The lowest BCUT2D eigenvalue weighted by Crippen LogP contribution is -2.13. The van der Waals surface area contributed by atoms with Gasteiger partial charge in [0.25, 0.3) is 11.2 Å². The topological polar surface area (TPSA) is 123 Å². The lowest BCUT2D eigenvalue weighted by atomic mass is 10.0. The number of aromatic nitrogens is 2. The van der Waals surface area contributed by atoms with Gasteiger partial charge in [-0.15, -0.1) is 5.11 Å². The number of ketones is 1. The van der Waals surface area contributed by atoms with Gasteiger partial charge in [-0.3, -0.25) is 24.8 Å². The number of rotatable bonds is 6. The van der Waals surface area contributed by atoms with Crippen LogP contribution in [0.15, 0.2) is 93.9 Å². The molecule has 1 aromatic heterocycles. The lowest BCUT2D eigenvalue weighted by Gasteiger charge is -2.01. The van der Waals surface area contributed by atoms with Gasteiger partial charge in [0.2, 0.25) is 0 Å². The monoisotopic (exact) mass is 427 g/mol. The summed E-state index contributed by atoms with van der Waals surface area (Å²) in [4.78, 5) is 35.5. The highest BCUT2D eigenvalue weighted by molar-refractivity contribution is 6.09. The van der Waals surface area contributed by atoms with E-state index >= 15 is 0 Å². The van der Waals surface area contributed by atoms with E-state index in [4.69, 9.17) is 0 Å². The van der Waals surface area contributed by atoms with Gasteiger partial charge in [0.1, 0.15) is 0 Å². The van der Waals surface area contributed by atoms with Crippen LogP contribution < -0.4 is 5.56 Å². The number of aromatic amines is 1. The maximum atomic E-state index is 12.7. The molecule has 0 unspecified atom stereocenters. The van der Waals surface area contributed by atoms with Gasteiger partial charge in [-0.05, 0) is 43.3 Å². The quantitative estimate of drug-likeness (QED) is 0.201. The van der Waals surface area contributed by atoms with Crippen molar-refractivity contribution >= 4 is 22.8 Å². The normalized spacial score (nSPS) is 11.0. The van der Waals surface area contributed by atoms with E-state index < -0.39 is 10.5 Å². The van der Waals surface area contributed by atoms with Gasteiger partial charge in [0, 0.05) is 23.3 Å². The summed E-state index contributed by atoms with van der Waals surface area (Å²) in [6.45, 7) is 1.68. The Balaban J connectivity index is 1.55. The number of nitrogens with zero attached hydrogens (tertiary/aromatic N) is 4. The Hall–Kier alpha value is -4.66. The number of nitrogens with one attached hydrogen (secondary N) is 1. The molecule has 4 aromatic rings. The summed E-state index contributed by atoms with van der Waals surface area (Å²) in [5.74, 6) is -0.0958. The Labute approximate surface area is 181 Å². The van der Waals surface area contributed by atoms with Crippen LogP contribution in [-0.2, 0) is 0 Å². The van der Waals surface area contributed by atoms with E-state index in [9.17, 15) is 19.7 Å². The molecule has 0 radical (unpaired) electrons. The maximum absolute atomic E-state index is 12.7. The smallest absolute Gasteiger partial charge is 0.293 e. The van der Waals surface area contributed by atoms with E-state index in [1.807, 2.05) is 6.07 Å².